The Morgan fingerprint density at radius 2 is 1.58 bits per heavy atom. The number of nitrogens with one attached hydrogen (secondary N) is 2. The van der Waals surface area contributed by atoms with E-state index in [9.17, 15) is 54.0 Å². The molecule has 5 unspecified atom stereocenters. The number of fused-ring (bicyclic) bond motifs is 5. The fourth-order valence-electron chi connectivity index (χ4n) is 11.0. The summed E-state index contributed by atoms with van der Waals surface area (Å²) in [6, 6.07) is 15.0. The molecule has 6 aliphatic rings. The largest absolute Gasteiger partial charge is 0.479 e. The molecule has 8 N–H and O–H groups in total. The first-order valence-electron chi connectivity index (χ1n) is 27.1. The van der Waals surface area contributed by atoms with Crippen LogP contribution in [-0.2, 0) is 40.0 Å². The number of benzene rings is 3. The van der Waals surface area contributed by atoms with Gasteiger partial charge in [-0.1, -0.05) is 67.6 Å². The molecular weight excluding hydrogens is 1140 g/mol. The number of carboxylic acid groups (broad SMARTS) is 1. The average Bonchev–Trinajstić information content (AvgIpc) is 2.94. The van der Waals surface area contributed by atoms with Gasteiger partial charge in [0.2, 0.25) is 18.1 Å². The Labute approximate surface area is 492 Å². The summed E-state index contributed by atoms with van der Waals surface area (Å²) in [5.74, 6) is -3.03. The Morgan fingerprint density at radius 1 is 0.880 bits per heavy atom. The third kappa shape index (κ3) is 13.0. The first kappa shape index (κ1) is 60.5. The van der Waals surface area contributed by atoms with E-state index in [1.165, 1.54) is 9.80 Å². The van der Waals surface area contributed by atoms with Crippen molar-refractivity contribution in [2.24, 2.45) is 23.5 Å². The number of hydrogen-bond acceptors (Lipinski definition) is 15. The predicted molar refractivity (Wildman–Crippen MR) is 308 cm³/mol. The fourth-order valence-corrected chi connectivity index (χ4v) is 12.8. The molecule has 0 bridgehead atoms. The van der Waals surface area contributed by atoms with E-state index in [-0.39, 0.29) is 92.2 Å². The molecule has 3 aromatic rings. The van der Waals surface area contributed by atoms with E-state index in [0.29, 0.717) is 69.9 Å². The summed E-state index contributed by atoms with van der Waals surface area (Å²) in [5, 5.41) is 47.2. The molecule has 9 rings (SSSR count). The standard InChI is InChI=1S/C58H65Cl2N7O15S/c1-30-22-43(83-51(30)53(73)67-28-33(26-60)46-37-12-6-4-10-35(37)41(23-40(46)67)80-55-49(71)47(69)48(70)50(82-55)54(74)75)52(72)66-27-32(25-59)45-38-13-7-5-11-36(38)42(24-39(45)66)81-58(78)65(3)21-20-64(2)57(77)79-29-31-15-17-34(18-16-31)63-44(68)14-8-9-19-62-56(61)76/h4-7,10,12-13,15-18,22-24,30,32-33,36,47-51,55,69-71H,8-9,11,14,19-21,25-29H2,1-3H3,(H,63,68)(H,74,75)(H3,61,62,76)/t30?,32-,33-,36?,47?,48+,49+,50?,51?,55-/m1/s1. The smallest absolute Gasteiger partial charge is 0.414 e. The number of urea groups is 1. The summed E-state index contributed by atoms with van der Waals surface area (Å²) in [5.41, 5.74) is 9.79. The molecule has 2 aliphatic carbocycles. The number of hydrogen-bond donors (Lipinski definition) is 7. The number of nitrogens with two attached hydrogens (primary N) is 1. The van der Waals surface area contributed by atoms with Crippen molar-refractivity contribution in [2.45, 2.75) is 81.1 Å². The van der Waals surface area contributed by atoms with Crippen LogP contribution in [0.1, 0.15) is 49.7 Å². The third-order valence-electron chi connectivity index (χ3n) is 15.5. The van der Waals surface area contributed by atoms with Gasteiger partial charge in [0.15, 0.2) is 6.10 Å². The number of halogens is 2. The van der Waals surface area contributed by atoms with Crippen molar-refractivity contribution in [3.8, 4) is 5.75 Å². The van der Waals surface area contributed by atoms with Crippen LogP contribution in [0.5, 0.6) is 5.75 Å². The van der Waals surface area contributed by atoms with Gasteiger partial charge >= 0.3 is 24.2 Å². The van der Waals surface area contributed by atoms with Crippen LogP contribution in [0, 0.1) is 17.8 Å². The Hall–Kier alpha value is -7.12. The fraction of sp³-hybridized carbons (Fsp3) is 0.431. The summed E-state index contributed by atoms with van der Waals surface area (Å²) in [6.07, 6.45) is 0.672. The van der Waals surface area contributed by atoms with Gasteiger partial charge in [-0.2, -0.15) is 0 Å². The molecule has 1 fully saturated rings. The number of rotatable bonds is 19. The van der Waals surface area contributed by atoms with Crippen LogP contribution < -0.4 is 26.0 Å². The van der Waals surface area contributed by atoms with Gasteiger partial charge < -0.3 is 75.3 Å². The minimum Gasteiger partial charge on any atom is -0.479 e. The number of ether oxygens (including phenoxy) is 4. The maximum atomic E-state index is 14.9. The second-order valence-corrected chi connectivity index (χ2v) is 22.9. The van der Waals surface area contributed by atoms with Crippen molar-refractivity contribution in [3.63, 3.8) is 0 Å². The normalized spacial score (nSPS) is 25.1. The first-order valence-corrected chi connectivity index (χ1v) is 29.1. The number of aliphatic carboxylic acids is 1. The molecule has 0 saturated carbocycles. The van der Waals surface area contributed by atoms with Crippen molar-refractivity contribution < 1.29 is 72.9 Å². The lowest BCUT2D eigenvalue weighted by molar-refractivity contribution is -0.270. The topological polar surface area (TPSA) is 300 Å². The number of primary amides is 1. The van der Waals surface area contributed by atoms with E-state index in [0.717, 1.165) is 28.5 Å². The van der Waals surface area contributed by atoms with Crippen molar-refractivity contribution in [2.75, 3.05) is 68.8 Å². The number of aliphatic hydroxyl groups excluding tert-OH is 3. The number of aliphatic hydroxyl groups is 3. The Balaban J connectivity index is 0.838. The number of likely N-dealkylation sites (N-methyl/N-ethyl adjacent to an activating group) is 2. The third-order valence-corrected chi connectivity index (χ3v) is 17.7. The summed E-state index contributed by atoms with van der Waals surface area (Å²) < 4.78 is 23.2. The maximum absolute atomic E-state index is 14.9. The molecular formula is C58H65Cl2N7O15S. The monoisotopic (exact) mass is 1200 g/mol. The zero-order valence-electron chi connectivity index (χ0n) is 45.7. The molecule has 22 nitrogen and oxygen atoms in total. The van der Waals surface area contributed by atoms with Crippen LogP contribution in [0.2, 0.25) is 0 Å². The molecule has 0 spiro atoms. The molecule has 10 atom stereocenters. The molecule has 0 radical (unpaired) electrons. The van der Waals surface area contributed by atoms with Crippen molar-refractivity contribution >= 4 is 99.0 Å². The zero-order valence-corrected chi connectivity index (χ0v) is 48.0. The van der Waals surface area contributed by atoms with E-state index >= 15 is 0 Å². The van der Waals surface area contributed by atoms with Crippen LogP contribution in [0.4, 0.5) is 25.8 Å². The summed E-state index contributed by atoms with van der Waals surface area (Å²) >= 11 is 14.4. The van der Waals surface area contributed by atoms with Gasteiger partial charge in [0.05, 0.1) is 21.5 Å². The molecule has 25 heteroatoms. The highest BCUT2D eigenvalue weighted by Crippen LogP contribution is 2.51. The highest BCUT2D eigenvalue weighted by atomic mass is 35.5. The van der Waals surface area contributed by atoms with Crippen molar-refractivity contribution in [3.05, 3.63) is 124 Å². The van der Waals surface area contributed by atoms with E-state index in [1.807, 2.05) is 31.2 Å². The average molecular weight is 1200 g/mol. The number of anilines is 2. The summed E-state index contributed by atoms with van der Waals surface area (Å²) in [6.45, 7) is 2.81. The lowest BCUT2D eigenvalue weighted by Crippen LogP contribution is -2.61. The van der Waals surface area contributed by atoms with Gasteiger partial charge in [-0.25, -0.2) is 19.2 Å². The summed E-state index contributed by atoms with van der Waals surface area (Å²) in [4.78, 5) is 98.0. The minimum atomic E-state index is -1.93. The number of carbonyl (C=O) groups excluding carboxylic acids is 6. The van der Waals surface area contributed by atoms with Crippen LogP contribution in [0.15, 0.2) is 112 Å². The number of unbranched alkanes of at least 4 members (excludes halogenated alkanes) is 1. The Morgan fingerprint density at radius 3 is 2.28 bits per heavy atom. The second kappa shape index (κ2) is 26.2. The van der Waals surface area contributed by atoms with Gasteiger partial charge in [-0.05, 0) is 65.0 Å². The van der Waals surface area contributed by atoms with E-state index in [4.69, 9.17) is 47.9 Å². The molecule has 442 valence electrons. The molecule has 83 heavy (non-hydrogen) atoms. The maximum Gasteiger partial charge on any atom is 0.414 e. The highest BCUT2D eigenvalue weighted by molar-refractivity contribution is 8.05. The van der Waals surface area contributed by atoms with E-state index in [1.54, 1.807) is 84.6 Å². The molecule has 1 saturated heterocycles. The van der Waals surface area contributed by atoms with Gasteiger partial charge in [-0.3, -0.25) is 14.4 Å². The quantitative estimate of drug-likeness (QED) is 0.0545. The Kier molecular flexibility index (Phi) is 19.1. The minimum absolute atomic E-state index is 0.0381. The number of amides is 7. The lowest BCUT2D eigenvalue weighted by atomic mass is 9.78. The van der Waals surface area contributed by atoms with Crippen molar-refractivity contribution in [1.29, 1.82) is 0 Å². The zero-order chi connectivity index (χ0) is 59.4. The number of thioether (sulfide) groups is 1. The highest BCUT2D eigenvalue weighted by Gasteiger charge is 2.50. The summed E-state index contributed by atoms with van der Waals surface area (Å²) in [7, 11) is 3.09. The van der Waals surface area contributed by atoms with Crippen molar-refractivity contribution in [1.82, 2.24) is 20.0 Å². The van der Waals surface area contributed by atoms with Crippen LogP contribution in [-0.4, -0.2) is 172 Å². The number of nitrogens with zero attached hydrogens (tertiary/aromatic N) is 4. The molecule has 7 amide bonds. The van der Waals surface area contributed by atoms with Crippen LogP contribution in [0.25, 0.3) is 10.8 Å². The SMILES string of the molecule is CC1C=C(C(=O)N2C[C@@H](CCl)C3=C2C=C(OC(=O)N(C)CCN(C)C(=O)OCc2ccc(NC(=O)CCCCNC(N)=O)cc2)C2CC=CC=C32)SC1C(=O)N1C[C@@H](CCl)c2c1cc(O[C@@H]1OC(C(=O)O)[C@@H](O)C(O)[C@@H]1O)c1ccccc21. The van der Waals surface area contributed by atoms with Gasteiger partial charge in [0.25, 0.3) is 5.91 Å². The van der Waals surface area contributed by atoms with Gasteiger partial charge in [0, 0.05) is 106 Å². The van der Waals surface area contributed by atoms with E-state index < -0.39 is 66.1 Å². The lowest BCUT2D eigenvalue weighted by Gasteiger charge is -2.38. The first-order chi connectivity index (χ1) is 39.8. The van der Waals surface area contributed by atoms with Gasteiger partial charge in [-0.15, -0.1) is 35.0 Å². The van der Waals surface area contributed by atoms with E-state index in [2.05, 4.69) is 10.6 Å². The molecule has 4 aliphatic heterocycles. The molecule has 0 aromatic heterocycles. The molecule has 3 aromatic carbocycles. The Bertz CT molecular complexity index is 3210. The van der Waals surface area contributed by atoms with Crippen LogP contribution in [0.3, 0.4) is 0 Å². The second-order valence-electron chi connectivity index (χ2n) is 21.1. The number of carboxylic acids is 1. The number of allylic oxidation sites excluding steroid dienone is 6. The number of carbonyl (C=O) groups is 7. The van der Waals surface area contributed by atoms with Crippen LogP contribution >= 0.6 is 35.0 Å². The molecule has 4 heterocycles. The number of alkyl halides is 2. The predicted octanol–water partition coefficient (Wildman–Crippen LogP) is 5.88. The van der Waals surface area contributed by atoms with Gasteiger partial charge in [0.1, 0.15) is 36.4 Å².